The van der Waals surface area contributed by atoms with Crippen LogP contribution in [0.4, 0.5) is 0 Å². The number of hydrogen-bond acceptors (Lipinski definition) is 8. The first-order valence-corrected chi connectivity index (χ1v) is 13.1. The Morgan fingerprint density at radius 2 is 1.97 bits per heavy atom. The van der Waals surface area contributed by atoms with Gasteiger partial charge in [0.1, 0.15) is 11.7 Å². The molecule has 3 N–H and O–H groups in total. The highest BCUT2D eigenvalue weighted by molar-refractivity contribution is 5.96. The second-order valence-electron chi connectivity index (χ2n) is 11.8. The summed E-state index contributed by atoms with van der Waals surface area (Å²) in [6.07, 6.45) is 2.11. The van der Waals surface area contributed by atoms with Gasteiger partial charge in [0.2, 0.25) is 0 Å². The molecule has 0 unspecified atom stereocenters. The van der Waals surface area contributed by atoms with Crippen molar-refractivity contribution < 1.29 is 34.2 Å². The second kappa shape index (κ2) is 8.10. The number of rotatable bonds is 5. The van der Waals surface area contributed by atoms with Gasteiger partial charge in [-0.25, -0.2) is 4.79 Å². The molecule has 1 heterocycles. The minimum absolute atomic E-state index is 0.0503. The van der Waals surface area contributed by atoms with Crippen molar-refractivity contribution in [1.29, 1.82) is 0 Å². The summed E-state index contributed by atoms with van der Waals surface area (Å²) in [5.74, 6) is -1.02. The summed E-state index contributed by atoms with van der Waals surface area (Å²) in [5, 5.41) is 38.3. The molecule has 0 aromatic carbocycles. The third-order valence-electron chi connectivity index (χ3n) is 9.82. The number of carbonyl (C=O) groups is 2. The van der Waals surface area contributed by atoms with Crippen molar-refractivity contribution in [1.82, 2.24) is 5.16 Å². The Hall–Kier alpha value is -2.29. The summed E-state index contributed by atoms with van der Waals surface area (Å²) in [6, 6.07) is 0. The number of aliphatic hydroxyl groups is 3. The first-order valence-electron chi connectivity index (χ1n) is 13.1. The van der Waals surface area contributed by atoms with Crippen molar-refractivity contribution in [3.8, 4) is 0 Å². The molecular formula is C28H37NO7. The number of nitrogens with zero attached hydrogens (tertiary/aromatic N) is 1. The van der Waals surface area contributed by atoms with E-state index in [2.05, 4.69) is 19.0 Å². The van der Waals surface area contributed by atoms with Gasteiger partial charge in [-0.2, -0.15) is 0 Å². The van der Waals surface area contributed by atoms with Crippen LogP contribution in [0.2, 0.25) is 0 Å². The monoisotopic (exact) mass is 499 g/mol. The van der Waals surface area contributed by atoms with E-state index in [0.717, 1.165) is 0 Å². The van der Waals surface area contributed by atoms with Crippen LogP contribution in [0.25, 0.3) is 0 Å². The zero-order valence-corrected chi connectivity index (χ0v) is 21.9. The number of ether oxygens (including phenoxy) is 1. The van der Waals surface area contributed by atoms with Crippen LogP contribution in [0.3, 0.4) is 0 Å². The summed E-state index contributed by atoms with van der Waals surface area (Å²) >= 11 is 0. The van der Waals surface area contributed by atoms with E-state index in [1.54, 1.807) is 19.1 Å². The van der Waals surface area contributed by atoms with Gasteiger partial charge in [-0.3, -0.25) is 4.79 Å². The van der Waals surface area contributed by atoms with Gasteiger partial charge in [-0.15, -0.1) is 0 Å². The van der Waals surface area contributed by atoms with Crippen LogP contribution in [0, 0.1) is 34.5 Å². The first kappa shape index (κ1) is 25.4. The van der Waals surface area contributed by atoms with Gasteiger partial charge < -0.3 is 24.6 Å². The minimum Gasteiger partial charge on any atom is -0.451 e. The number of ketones is 1. The molecule has 1 aromatic heterocycles. The average Bonchev–Trinajstić information content (AvgIpc) is 3.13. The highest BCUT2D eigenvalue weighted by Crippen LogP contribution is 2.71. The SMILES string of the molecule is CCc1noc(CC)c1C(=O)O[C@H]1C(C)=C[C@]23C(=O)[C@@H](C=C(CO)[C@@H](O)[C@]12O)[C@H]1[C@@H](C[C@H]3C)C1(C)C. The number of aryl methyl sites for hydroxylation is 2. The Labute approximate surface area is 211 Å². The standard InChI is InChI=1S/C28H37NO7/c1-7-18-20(19(8-2)36-29-18)25(33)35-24-13(3)11-27-14(4)9-17-21(26(17,5)6)16(23(27)32)10-15(12-30)22(31)28(24,27)34/h10-11,14,16-17,21-22,24,30-31,34H,7-9,12H2,1-6H3/t14-,16+,17-,21+,22-,24+,27+,28+/m1/s1. The minimum atomic E-state index is -2.16. The highest BCUT2D eigenvalue weighted by Gasteiger charge is 2.76. The number of aliphatic hydroxyl groups excluding tert-OH is 2. The van der Waals surface area contributed by atoms with E-state index in [1.165, 1.54) is 0 Å². The Kier molecular flexibility index (Phi) is 5.71. The van der Waals surface area contributed by atoms with Gasteiger partial charge in [0.05, 0.1) is 17.7 Å². The predicted octanol–water partition coefficient (Wildman–Crippen LogP) is 2.79. The average molecular weight is 500 g/mol. The zero-order valence-electron chi connectivity index (χ0n) is 21.9. The number of allylic oxidation sites excluding steroid dienone is 1. The topological polar surface area (TPSA) is 130 Å². The maximum Gasteiger partial charge on any atom is 0.344 e. The van der Waals surface area contributed by atoms with Crippen molar-refractivity contribution in [2.45, 2.75) is 78.6 Å². The van der Waals surface area contributed by atoms with Gasteiger partial charge in [0, 0.05) is 12.3 Å². The van der Waals surface area contributed by atoms with Crippen LogP contribution >= 0.6 is 0 Å². The number of hydrogen-bond donors (Lipinski definition) is 3. The number of aromatic nitrogens is 1. The highest BCUT2D eigenvalue weighted by atomic mass is 16.6. The Morgan fingerprint density at radius 1 is 1.28 bits per heavy atom. The van der Waals surface area contributed by atoms with E-state index in [0.29, 0.717) is 36.3 Å². The number of fused-ring (bicyclic) bond motifs is 3. The molecule has 5 rings (SSSR count). The molecule has 2 saturated carbocycles. The molecule has 0 aliphatic heterocycles. The molecule has 36 heavy (non-hydrogen) atoms. The zero-order chi connectivity index (χ0) is 26.4. The maximum atomic E-state index is 14.4. The van der Waals surface area contributed by atoms with Crippen LogP contribution in [-0.2, 0) is 22.4 Å². The lowest BCUT2D eigenvalue weighted by Gasteiger charge is -2.48. The molecule has 2 bridgehead atoms. The van der Waals surface area contributed by atoms with Crippen molar-refractivity contribution >= 4 is 11.8 Å². The summed E-state index contributed by atoms with van der Waals surface area (Å²) < 4.78 is 11.3. The largest absolute Gasteiger partial charge is 0.451 e. The molecule has 4 aliphatic carbocycles. The molecular weight excluding hydrogens is 462 g/mol. The summed E-state index contributed by atoms with van der Waals surface area (Å²) in [6.45, 7) is 11.1. The van der Waals surface area contributed by atoms with Crippen molar-refractivity contribution in [3.63, 3.8) is 0 Å². The Morgan fingerprint density at radius 3 is 2.58 bits per heavy atom. The normalized spacial score (nSPS) is 40.4. The molecule has 8 heteroatoms. The first-order chi connectivity index (χ1) is 16.9. The van der Waals surface area contributed by atoms with Gasteiger partial charge in [-0.05, 0) is 54.1 Å². The van der Waals surface area contributed by atoms with Gasteiger partial charge in [-0.1, -0.05) is 51.9 Å². The molecule has 4 aliphatic rings. The molecule has 0 amide bonds. The third-order valence-corrected chi connectivity index (χ3v) is 9.82. The van der Waals surface area contributed by atoms with Crippen LogP contribution in [0.1, 0.15) is 69.8 Å². The van der Waals surface area contributed by atoms with Crippen LogP contribution < -0.4 is 0 Å². The van der Waals surface area contributed by atoms with Crippen LogP contribution in [0.5, 0.6) is 0 Å². The van der Waals surface area contributed by atoms with E-state index < -0.39 is 41.7 Å². The number of carbonyl (C=O) groups excluding carboxylic acids is 2. The molecule has 8 nitrogen and oxygen atoms in total. The Bertz CT molecular complexity index is 1160. The van der Waals surface area contributed by atoms with E-state index in [9.17, 15) is 24.9 Å². The number of esters is 1. The third kappa shape index (κ3) is 2.95. The number of Topliss-reactive ketones (excluding diaryl/α,β-unsaturated/α-hetero) is 1. The maximum absolute atomic E-state index is 14.4. The van der Waals surface area contributed by atoms with Gasteiger partial charge in [0.15, 0.2) is 23.2 Å². The van der Waals surface area contributed by atoms with Crippen LogP contribution in [0.15, 0.2) is 27.8 Å². The van der Waals surface area contributed by atoms with Gasteiger partial charge in [0.25, 0.3) is 0 Å². The fraction of sp³-hybridized carbons (Fsp3) is 0.679. The van der Waals surface area contributed by atoms with Crippen molar-refractivity contribution in [2.24, 2.45) is 34.5 Å². The Balaban J connectivity index is 1.63. The van der Waals surface area contributed by atoms with E-state index in [4.69, 9.17) is 9.26 Å². The predicted molar refractivity (Wildman–Crippen MR) is 130 cm³/mol. The van der Waals surface area contributed by atoms with Crippen molar-refractivity contribution in [2.75, 3.05) is 6.61 Å². The summed E-state index contributed by atoms with van der Waals surface area (Å²) in [5.41, 5.74) is -2.30. The van der Waals surface area contributed by atoms with Crippen LogP contribution in [-0.4, -0.2) is 56.6 Å². The van der Waals surface area contributed by atoms with E-state index in [-0.39, 0.29) is 40.1 Å². The molecule has 196 valence electrons. The van der Waals surface area contributed by atoms with E-state index >= 15 is 0 Å². The quantitative estimate of drug-likeness (QED) is 0.417. The molecule has 1 spiro atoms. The van der Waals surface area contributed by atoms with E-state index in [1.807, 2.05) is 20.8 Å². The molecule has 1 aromatic rings. The molecule has 8 atom stereocenters. The molecule has 0 radical (unpaired) electrons. The fourth-order valence-corrected chi connectivity index (χ4v) is 7.84. The smallest absolute Gasteiger partial charge is 0.344 e. The lowest BCUT2D eigenvalue weighted by atomic mass is 9.59. The van der Waals surface area contributed by atoms with Gasteiger partial charge >= 0.3 is 5.97 Å². The lowest BCUT2D eigenvalue weighted by Crippen LogP contribution is -2.65. The lowest BCUT2D eigenvalue weighted by molar-refractivity contribution is -0.190. The van der Waals surface area contributed by atoms with Crippen molar-refractivity contribution in [3.05, 3.63) is 40.3 Å². The summed E-state index contributed by atoms with van der Waals surface area (Å²) in [7, 11) is 0. The fourth-order valence-electron chi connectivity index (χ4n) is 7.84. The molecule has 2 fully saturated rings. The summed E-state index contributed by atoms with van der Waals surface area (Å²) in [4.78, 5) is 27.9. The second-order valence-corrected chi connectivity index (χ2v) is 11.8. The molecule has 0 saturated heterocycles.